The van der Waals surface area contributed by atoms with Gasteiger partial charge in [-0.3, -0.25) is 9.59 Å². The van der Waals surface area contributed by atoms with Crippen LogP contribution in [0.1, 0.15) is 23.3 Å². The molecule has 1 aliphatic carbocycles. The lowest BCUT2D eigenvalue weighted by atomic mass is 10.4. The highest BCUT2D eigenvalue weighted by Crippen LogP contribution is 2.24. The van der Waals surface area contributed by atoms with Gasteiger partial charge in [0, 0.05) is 13.1 Å². The molecule has 19 heavy (non-hydrogen) atoms. The predicted octanol–water partition coefficient (Wildman–Crippen LogP) is 1.25. The van der Waals surface area contributed by atoms with Crippen molar-refractivity contribution in [3.63, 3.8) is 0 Å². The number of hydrogen-bond donors (Lipinski definition) is 2. The van der Waals surface area contributed by atoms with Crippen molar-refractivity contribution < 1.29 is 9.59 Å². The van der Waals surface area contributed by atoms with Crippen LogP contribution in [0.15, 0.2) is 17.5 Å². The number of hydrogen-bond acceptors (Lipinski definition) is 3. The summed E-state index contributed by atoms with van der Waals surface area (Å²) < 4.78 is 2.93. The van der Waals surface area contributed by atoms with E-state index in [1.807, 2.05) is 29.1 Å². The number of aromatic nitrogens is 1. The van der Waals surface area contributed by atoms with E-state index in [0.717, 1.165) is 23.1 Å². The van der Waals surface area contributed by atoms with Crippen molar-refractivity contribution in [3.05, 3.63) is 23.2 Å². The molecule has 3 rings (SSSR count). The zero-order valence-electron chi connectivity index (χ0n) is 10.6. The van der Waals surface area contributed by atoms with E-state index in [1.54, 1.807) is 11.3 Å². The highest BCUT2D eigenvalue weighted by atomic mass is 32.1. The Morgan fingerprint density at radius 3 is 2.95 bits per heavy atom. The summed E-state index contributed by atoms with van der Waals surface area (Å²) in [5.41, 5.74) is 1.62. The molecule has 0 aromatic carbocycles. The zero-order chi connectivity index (χ0) is 13.4. The Hall–Kier alpha value is -1.82. The average molecular weight is 277 g/mol. The largest absolute Gasteiger partial charge is 0.352 e. The van der Waals surface area contributed by atoms with Crippen LogP contribution < -0.4 is 10.6 Å². The summed E-state index contributed by atoms with van der Waals surface area (Å²) in [5.74, 6) is -0.330. The molecule has 0 bridgehead atoms. The Bertz CT molecular complexity index is 639. The second-order valence-corrected chi connectivity index (χ2v) is 5.73. The first-order valence-corrected chi connectivity index (χ1v) is 7.13. The summed E-state index contributed by atoms with van der Waals surface area (Å²) >= 11 is 1.60. The molecule has 5 nitrogen and oxygen atoms in total. The first kappa shape index (κ1) is 12.2. The molecule has 0 spiro atoms. The molecule has 6 heteroatoms. The molecule has 0 atom stereocenters. The number of fused-ring (bicyclic) bond motifs is 1. The second-order valence-electron chi connectivity index (χ2n) is 4.78. The van der Waals surface area contributed by atoms with E-state index < -0.39 is 0 Å². The highest BCUT2D eigenvalue weighted by molar-refractivity contribution is 7.17. The molecule has 1 fully saturated rings. The lowest BCUT2D eigenvalue weighted by molar-refractivity contribution is -0.120. The number of carbonyl (C=O) groups is 2. The highest BCUT2D eigenvalue weighted by Gasteiger charge is 2.23. The van der Waals surface area contributed by atoms with Crippen molar-refractivity contribution in [1.82, 2.24) is 15.2 Å². The molecule has 2 N–H and O–H groups in total. The Morgan fingerprint density at radius 2 is 2.26 bits per heavy atom. The van der Waals surface area contributed by atoms with Crippen molar-refractivity contribution in [2.45, 2.75) is 18.9 Å². The van der Waals surface area contributed by atoms with E-state index in [4.69, 9.17) is 0 Å². The van der Waals surface area contributed by atoms with Crippen LogP contribution in [0.3, 0.4) is 0 Å². The quantitative estimate of drug-likeness (QED) is 0.883. The first-order valence-electron chi connectivity index (χ1n) is 6.25. The van der Waals surface area contributed by atoms with Gasteiger partial charge < -0.3 is 15.2 Å². The van der Waals surface area contributed by atoms with Gasteiger partial charge in [0.05, 0.1) is 16.8 Å². The lowest BCUT2D eigenvalue weighted by Crippen LogP contribution is -2.38. The van der Waals surface area contributed by atoms with Gasteiger partial charge >= 0.3 is 0 Å². The fourth-order valence-corrected chi connectivity index (χ4v) is 2.87. The molecule has 1 saturated carbocycles. The molecule has 0 aliphatic heterocycles. The maximum absolute atomic E-state index is 12.0. The Balaban J connectivity index is 1.64. The van der Waals surface area contributed by atoms with Gasteiger partial charge in [-0.2, -0.15) is 0 Å². The average Bonchev–Trinajstić information content (AvgIpc) is 2.97. The number of rotatable bonds is 4. The van der Waals surface area contributed by atoms with E-state index in [2.05, 4.69) is 10.6 Å². The summed E-state index contributed by atoms with van der Waals surface area (Å²) in [5, 5.41) is 7.49. The van der Waals surface area contributed by atoms with Crippen molar-refractivity contribution in [2.24, 2.45) is 7.05 Å². The van der Waals surface area contributed by atoms with Crippen LogP contribution in [0.4, 0.5) is 0 Å². The molecular weight excluding hydrogens is 262 g/mol. The van der Waals surface area contributed by atoms with Crippen molar-refractivity contribution in [3.8, 4) is 0 Å². The van der Waals surface area contributed by atoms with Gasteiger partial charge in [-0.1, -0.05) is 0 Å². The minimum absolute atomic E-state index is 0.0359. The van der Waals surface area contributed by atoms with Crippen LogP contribution in [0.2, 0.25) is 0 Å². The number of nitrogens with one attached hydrogen (secondary N) is 2. The molecule has 2 heterocycles. The van der Waals surface area contributed by atoms with Gasteiger partial charge in [-0.15, -0.1) is 11.3 Å². The van der Waals surface area contributed by atoms with Gasteiger partial charge in [-0.25, -0.2) is 0 Å². The van der Waals surface area contributed by atoms with Crippen LogP contribution in [-0.4, -0.2) is 29.0 Å². The van der Waals surface area contributed by atoms with E-state index in [9.17, 15) is 9.59 Å². The third-order valence-corrected chi connectivity index (χ3v) is 4.10. The molecule has 2 aromatic rings. The van der Waals surface area contributed by atoms with Crippen LogP contribution in [0.5, 0.6) is 0 Å². The normalized spacial score (nSPS) is 14.6. The van der Waals surface area contributed by atoms with E-state index in [0.29, 0.717) is 11.7 Å². The van der Waals surface area contributed by atoms with Crippen LogP contribution >= 0.6 is 11.3 Å². The molecule has 1 aliphatic rings. The number of thiophene rings is 1. The number of nitrogens with zero attached hydrogens (tertiary/aromatic N) is 1. The summed E-state index contributed by atoms with van der Waals surface area (Å²) in [6.45, 7) is 0.0359. The van der Waals surface area contributed by atoms with Crippen molar-refractivity contribution >= 4 is 33.4 Å². The molecule has 0 unspecified atom stereocenters. The fourth-order valence-electron chi connectivity index (χ4n) is 2.03. The maximum Gasteiger partial charge on any atom is 0.268 e. The van der Waals surface area contributed by atoms with E-state index in [1.165, 1.54) is 0 Å². The molecule has 0 radical (unpaired) electrons. The van der Waals surface area contributed by atoms with Crippen molar-refractivity contribution in [2.75, 3.05) is 6.54 Å². The first-order chi connectivity index (χ1) is 9.15. The number of aryl methyl sites for hydroxylation is 1. The molecule has 2 amide bonds. The van der Waals surface area contributed by atoms with Gasteiger partial charge in [0.2, 0.25) is 5.91 Å². The fraction of sp³-hybridized carbons (Fsp3) is 0.385. The predicted molar refractivity (Wildman–Crippen MR) is 74.3 cm³/mol. The topological polar surface area (TPSA) is 63.1 Å². The Morgan fingerprint density at radius 1 is 1.47 bits per heavy atom. The van der Waals surface area contributed by atoms with Gasteiger partial charge in [0.25, 0.3) is 5.91 Å². The van der Waals surface area contributed by atoms with Crippen molar-refractivity contribution in [1.29, 1.82) is 0 Å². The number of carbonyl (C=O) groups excluding carboxylic acids is 2. The zero-order valence-corrected chi connectivity index (χ0v) is 11.4. The molecule has 2 aromatic heterocycles. The molecule has 100 valence electrons. The Kier molecular flexibility index (Phi) is 3.02. The molecular formula is C13H15N3O2S. The van der Waals surface area contributed by atoms with Crippen LogP contribution in [-0.2, 0) is 11.8 Å². The minimum Gasteiger partial charge on any atom is -0.352 e. The molecule has 0 saturated heterocycles. The van der Waals surface area contributed by atoms with Crippen LogP contribution in [0, 0.1) is 0 Å². The van der Waals surface area contributed by atoms with Crippen LogP contribution in [0.25, 0.3) is 10.2 Å². The second kappa shape index (κ2) is 4.70. The van der Waals surface area contributed by atoms with Gasteiger partial charge in [0.1, 0.15) is 5.69 Å². The third-order valence-electron chi connectivity index (χ3n) is 3.25. The Labute approximate surface area is 114 Å². The number of amides is 2. The summed E-state index contributed by atoms with van der Waals surface area (Å²) in [6.07, 6.45) is 2.10. The standard InChI is InChI=1S/C13H15N3O2S/c1-16-9-4-5-19-11(9)6-10(16)13(18)14-7-12(17)15-8-2-3-8/h4-6,8H,2-3,7H2,1H3,(H,14,18)(H,15,17). The van der Waals surface area contributed by atoms with E-state index in [-0.39, 0.29) is 18.4 Å². The summed E-state index contributed by atoms with van der Waals surface area (Å²) in [6, 6.07) is 4.16. The maximum atomic E-state index is 12.0. The smallest absolute Gasteiger partial charge is 0.268 e. The monoisotopic (exact) mass is 277 g/mol. The third kappa shape index (κ3) is 2.49. The SMILES string of the molecule is Cn1c(C(=O)NCC(=O)NC2CC2)cc2sccc21. The summed E-state index contributed by atoms with van der Waals surface area (Å²) in [7, 11) is 1.86. The minimum atomic E-state index is -0.211. The van der Waals surface area contributed by atoms with Gasteiger partial charge in [-0.05, 0) is 30.4 Å². The lowest BCUT2D eigenvalue weighted by Gasteiger charge is -2.06. The van der Waals surface area contributed by atoms with Gasteiger partial charge in [0.15, 0.2) is 0 Å². The van der Waals surface area contributed by atoms with E-state index >= 15 is 0 Å². The summed E-state index contributed by atoms with van der Waals surface area (Å²) in [4.78, 5) is 23.5.